The lowest BCUT2D eigenvalue weighted by molar-refractivity contribution is 0.574. The molecule has 1 aromatic carbocycles. The topological polar surface area (TPSA) is 29.3 Å². The Morgan fingerprint density at radius 3 is 2.29 bits per heavy atom. The van der Waals surface area contributed by atoms with E-state index in [1.807, 2.05) is 6.92 Å². The van der Waals surface area contributed by atoms with Crippen molar-refractivity contribution in [3.8, 4) is 0 Å². The minimum Gasteiger partial charge on any atom is -0.389 e. The maximum Gasteiger partial charge on any atom is 0.150 e. The molecule has 94 valence electrons. The molecule has 0 amide bonds. The molecule has 0 aliphatic heterocycles. The SMILES string of the molecule is CCCCN(C)c1c(F)cc(C(N)=S)cc1F. The minimum absolute atomic E-state index is 0.00874. The van der Waals surface area contributed by atoms with Crippen LogP contribution in [0, 0.1) is 11.6 Å². The summed E-state index contributed by atoms with van der Waals surface area (Å²) in [6.07, 6.45) is 1.85. The first-order valence-electron chi connectivity index (χ1n) is 5.47. The van der Waals surface area contributed by atoms with Gasteiger partial charge in [-0.05, 0) is 18.6 Å². The number of thiocarbonyl (C=S) groups is 1. The van der Waals surface area contributed by atoms with Crippen LogP contribution in [0.3, 0.4) is 0 Å². The molecule has 0 spiro atoms. The molecule has 2 nitrogen and oxygen atoms in total. The van der Waals surface area contributed by atoms with Gasteiger partial charge in [0.2, 0.25) is 0 Å². The van der Waals surface area contributed by atoms with Crippen LogP contribution in [0.25, 0.3) is 0 Å². The third-order valence-corrected chi connectivity index (χ3v) is 2.77. The van der Waals surface area contributed by atoms with Gasteiger partial charge in [-0.25, -0.2) is 8.78 Å². The zero-order chi connectivity index (χ0) is 13.0. The van der Waals surface area contributed by atoms with Gasteiger partial charge in [0.05, 0.1) is 0 Å². The molecule has 0 aromatic heterocycles. The van der Waals surface area contributed by atoms with Crippen LogP contribution in [0.1, 0.15) is 25.3 Å². The van der Waals surface area contributed by atoms with E-state index in [9.17, 15) is 8.78 Å². The number of benzene rings is 1. The van der Waals surface area contributed by atoms with Crippen molar-refractivity contribution >= 4 is 22.9 Å². The van der Waals surface area contributed by atoms with Crippen molar-refractivity contribution in [2.24, 2.45) is 5.73 Å². The van der Waals surface area contributed by atoms with Gasteiger partial charge in [-0.15, -0.1) is 0 Å². The van der Waals surface area contributed by atoms with Crippen molar-refractivity contribution in [2.75, 3.05) is 18.5 Å². The standard InChI is InChI=1S/C12H16F2N2S/c1-3-4-5-16(2)11-9(13)6-8(12(15)17)7-10(11)14/h6-7H,3-5H2,1-2H3,(H2,15,17). The molecule has 0 saturated heterocycles. The largest absolute Gasteiger partial charge is 0.389 e. The third kappa shape index (κ3) is 3.36. The van der Waals surface area contributed by atoms with Crippen LogP contribution in [0.2, 0.25) is 0 Å². The monoisotopic (exact) mass is 258 g/mol. The molecular weight excluding hydrogens is 242 g/mol. The molecule has 1 rings (SSSR count). The summed E-state index contributed by atoms with van der Waals surface area (Å²) in [6, 6.07) is 2.34. The summed E-state index contributed by atoms with van der Waals surface area (Å²) in [6.45, 7) is 2.63. The van der Waals surface area contributed by atoms with Gasteiger partial charge >= 0.3 is 0 Å². The normalized spacial score (nSPS) is 10.4. The second-order valence-electron chi connectivity index (χ2n) is 3.93. The summed E-state index contributed by atoms with van der Waals surface area (Å²) in [5.74, 6) is -1.27. The van der Waals surface area contributed by atoms with Crippen LogP contribution in [0.15, 0.2) is 12.1 Å². The molecular formula is C12H16F2N2S. The molecule has 1 aromatic rings. The Labute approximate surface area is 105 Å². The number of rotatable bonds is 5. The first-order chi connectivity index (χ1) is 7.97. The van der Waals surface area contributed by atoms with E-state index in [0.29, 0.717) is 6.54 Å². The fourth-order valence-corrected chi connectivity index (χ4v) is 1.70. The van der Waals surface area contributed by atoms with Crippen LogP contribution in [0.5, 0.6) is 0 Å². The van der Waals surface area contributed by atoms with E-state index in [2.05, 4.69) is 0 Å². The van der Waals surface area contributed by atoms with Crippen molar-refractivity contribution in [3.63, 3.8) is 0 Å². The molecule has 0 aliphatic carbocycles. The van der Waals surface area contributed by atoms with Gasteiger partial charge in [-0.3, -0.25) is 0 Å². The molecule has 0 unspecified atom stereocenters. The van der Waals surface area contributed by atoms with Crippen molar-refractivity contribution in [2.45, 2.75) is 19.8 Å². The summed E-state index contributed by atoms with van der Waals surface area (Å²) in [4.78, 5) is 1.56. The van der Waals surface area contributed by atoms with Crippen LogP contribution in [-0.2, 0) is 0 Å². The van der Waals surface area contributed by atoms with Crippen molar-refractivity contribution in [3.05, 3.63) is 29.3 Å². The summed E-state index contributed by atoms with van der Waals surface area (Å²) in [5.41, 5.74) is 5.52. The van der Waals surface area contributed by atoms with Gasteiger partial charge in [0.15, 0.2) is 0 Å². The lowest BCUT2D eigenvalue weighted by Gasteiger charge is -2.20. The van der Waals surface area contributed by atoms with E-state index in [4.69, 9.17) is 18.0 Å². The average molecular weight is 258 g/mol. The molecule has 0 saturated carbocycles. The smallest absolute Gasteiger partial charge is 0.150 e. The van der Waals surface area contributed by atoms with Crippen molar-refractivity contribution in [1.29, 1.82) is 0 Å². The fraction of sp³-hybridized carbons (Fsp3) is 0.417. The summed E-state index contributed by atoms with van der Waals surface area (Å²) >= 11 is 4.69. The molecule has 0 radical (unpaired) electrons. The average Bonchev–Trinajstić information content (AvgIpc) is 2.25. The highest BCUT2D eigenvalue weighted by Crippen LogP contribution is 2.24. The molecule has 0 aliphatic rings. The number of nitrogens with zero attached hydrogens (tertiary/aromatic N) is 1. The summed E-state index contributed by atoms with van der Waals surface area (Å²) < 4.78 is 27.5. The number of hydrogen-bond acceptors (Lipinski definition) is 2. The summed E-state index contributed by atoms with van der Waals surface area (Å²) in [5, 5.41) is 0. The second kappa shape index (κ2) is 5.91. The minimum atomic E-state index is -0.633. The zero-order valence-corrected chi connectivity index (χ0v) is 10.8. The molecule has 2 N–H and O–H groups in total. The van der Waals surface area contributed by atoms with Gasteiger partial charge in [0.1, 0.15) is 22.3 Å². The molecule has 0 bridgehead atoms. The number of nitrogens with two attached hydrogens (primary N) is 1. The maximum absolute atomic E-state index is 13.8. The van der Waals surface area contributed by atoms with Crippen molar-refractivity contribution in [1.82, 2.24) is 0 Å². The van der Waals surface area contributed by atoms with Gasteiger partial charge in [0, 0.05) is 19.2 Å². The number of halogens is 2. The Bertz CT molecular complexity index is 398. The maximum atomic E-state index is 13.8. The number of unbranched alkanes of at least 4 members (excludes halogenated alkanes) is 1. The lowest BCUT2D eigenvalue weighted by Crippen LogP contribution is -2.22. The fourth-order valence-electron chi connectivity index (χ4n) is 1.58. The van der Waals surface area contributed by atoms with Gasteiger partial charge < -0.3 is 10.6 Å². The molecule has 17 heavy (non-hydrogen) atoms. The van der Waals surface area contributed by atoms with Crippen LogP contribution in [-0.4, -0.2) is 18.6 Å². The Morgan fingerprint density at radius 2 is 1.88 bits per heavy atom. The van der Waals surface area contributed by atoms with E-state index in [1.165, 1.54) is 12.1 Å². The Kier molecular flexibility index (Phi) is 4.81. The predicted molar refractivity (Wildman–Crippen MR) is 70.4 cm³/mol. The highest BCUT2D eigenvalue weighted by molar-refractivity contribution is 7.80. The van der Waals surface area contributed by atoms with Gasteiger partial charge in [-0.1, -0.05) is 25.6 Å². The molecule has 5 heteroatoms. The van der Waals surface area contributed by atoms with Gasteiger partial charge in [0.25, 0.3) is 0 Å². The van der Waals surface area contributed by atoms with Crippen LogP contribution >= 0.6 is 12.2 Å². The highest BCUT2D eigenvalue weighted by atomic mass is 32.1. The zero-order valence-electron chi connectivity index (χ0n) is 9.96. The Balaban J connectivity index is 3.04. The molecule has 0 fully saturated rings. The van der Waals surface area contributed by atoms with Crippen molar-refractivity contribution < 1.29 is 8.78 Å². The number of hydrogen-bond donors (Lipinski definition) is 1. The number of anilines is 1. The first-order valence-corrected chi connectivity index (χ1v) is 5.88. The third-order valence-electron chi connectivity index (χ3n) is 2.53. The molecule has 0 atom stereocenters. The summed E-state index contributed by atoms with van der Waals surface area (Å²) in [7, 11) is 1.66. The van der Waals surface area contributed by atoms with E-state index in [-0.39, 0.29) is 16.2 Å². The molecule has 0 heterocycles. The van der Waals surface area contributed by atoms with Crippen LogP contribution in [0.4, 0.5) is 14.5 Å². The Morgan fingerprint density at radius 1 is 1.35 bits per heavy atom. The van der Waals surface area contributed by atoms with Crippen LogP contribution < -0.4 is 10.6 Å². The van der Waals surface area contributed by atoms with E-state index in [1.54, 1.807) is 11.9 Å². The Hall–Kier alpha value is -1.23. The lowest BCUT2D eigenvalue weighted by atomic mass is 10.1. The van der Waals surface area contributed by atoms with E-state index >= 15 is 0 Å². The quantitative estimate of drug-likeness (QED) is 0.823. The first kappa shape index (κ1) is 13.8. The van der Waals surface area contributed by atoms with E-state index in [0.717, 1.165) is 12.8 Å². The van der Waals surface area contributed by atoms with E-state index < -0.39 is 11.6 Å². The predicted octanol–water partition coefficient (Wildman–Crippen LogP) is 2.84. The van der Waals surface area contributed by atoms with Gasteiger partial charge in [-0.2, -0.15) is 0 Å². The highest BCUT2D eigenvalue weighted by Gasteiger charge is 2.15. The second-order valence-corrected chi connectivity index (χ2v) is 4.37.